The molecule has 1 N–H and O–H groups in total. The zero-order valence-corrected chi connectivity index (χ0v) is 19.9. The number of carbonyl (C=O) groups excluding carboxylic acids is 2. The van der Waals surface area contributed by atoms with Crippen LogP contribution in [0.1, 0.15) is 50.2 Å². The minimum Gasteiger partial charge on any atom is -0.352 e. The van der Waals surface area contributed by atoms with Gasteiger partial charge in [-0.05, 0) is 37.0 Å². The van der Waals surface area contributed by atoms with Gasteiger partial charge < -0.3 is 10.2 Å². The number of nitro groups is 1. The Kier molecular flexibility index (Phi) is 8.69. The van der Waals surface area contributed by atoms with Crippen molar-refractivity contribution in [3.05, 3.63) is 73.8 Å². The van der Waals surface area contributed by atoms with Gasteiger partial charge in [0.2, 0.25) is 11.8 Å². The summed E-state index contributed by atoms with van der Waals surface area (Å²) in [6.45, 7) is 1.93. The van der Waals surface area contributed by atoms with Crippen LogP contribution < -0.4 is 5.32 Å². The van der Waals surface area contributed by atoms with Gasteiger partial charge in [-0.3, -0.25) is 19.7 Å². The van der Waals surface area contributed by atoms with E-state index in [1.807, 2.05) is 6.92 Å². The summed E-state index contributed by atoms with van der Waals surface area (Å²) in [5.74, 6) is -0.603. The predicted octanol–water partition coefficient (Wildman–Crippen LogP) is 5.31. The van der Waals surface area contributed by atoms with Crippen LogP contribution in [0.5, 0.6) is 0 Å². The van der Waals surface area contributed by atoms with Crippen molar-refractivity contribution in [2.45, 2.75) is 64.1 Å². The van der Waals surface area contributed by atoms with E-state index in [1.54, 1.807) is 36.4 Å². The fraction of sp³-hybridized carbons (Fsp3) is 0.417. The average molecular weight is 492 g/mol. The lowest BCUT2D eigenvalue weighted by molar-refractivity contribution is -0.385. The van der Waals surface area contributed by atoms with Crippen molar-refractivity contribution in [3.63, 3.8) is 0 Å². The van der Waals surface area contributed by atoms with Gasteiger partial charge in [0.25, 0.3) is 5.69 Å². The maximum atomic E-state index is 13.5. The number of amides is 2. The van der Waals surface area contributed by atoms with Gasteiger partial charge in [0.1, 0.15) is 6.04 Å². The highest BCUT2D eigenvalue weighted by atomic mass is 35.5. The second-order valence-electron chi connectivity index (χ2n) is 8.23. The molecule has 2 aromatic carbocycles. The minimum absolute atomic E-state index is 0.0893. The first kappa shape index (κ1) is 25.0. The summed E-state index contributed by atoms with van der Waals surface area (Å²) in [6, 6.07) is 10.5. The van der Waals surface area contributed by atoms with Gasteiger partial charge >= 0.3 is 0 Å². The molecule has 2 amide bonds. The SMILES string of the molecule is CC[C@@H](C(=O)NC1CCCC1)N(Cc1ccc(Cl)cc1Cl)C(=O)Cc1ccccc1[N+](=O)[O-]. The van der Waals surface area contributed by atoms with Crippen LogP contribution in [0, 0.1) is 10.1 Å². The van der Waals surface area contributed by atoms with E-state index in [9.17, 15) is 19.7 Å². The first-order valence-corrected chi connectivity index (χ1v) is 11.8. The van der Waals surface area contributed by atoms with Crippen LogP contribution in [0.4, 0.5) is 5.69 Å². The van der Waals surface area contributed by atoms with Crippen LogP contribution in [0.2, 0.25) is 10.0 Å². The van der Waals surface area contributed by atoms with Gasteiger partial charge in [-0.2, -0.15) is 0 Å². The van der Waals surface area contributed by atoms with Crippen molar-refractivity contribution in [2.75, 3.05) is 0 Å². The number of hydrogen-bond donors (Lipinski definition) is 1. The zero-order chi connectivity index (χ0) is 24.0. The first-order valence-electron chi connectivity index (χ1n) is 11.1. The summed E-state index contributed by atoms with van der Waals surface area (Å²) in [5.41, 5.74) is 0.814. The fourth-order valence-electron chi connectivity index (χ4n) is 4.22. The lowest BCUT2D eigenvalue weighted by Crippen LogP contribution is -2.51. The molecule has 1 atom stereocenters. The Bertz CT molecular complexity index is 1020. The summed E-state index contributed by atoms with van der Waals surface area (Å²) in [5, 5.41) is 15.3. The van der Waals surface area contributed by atoms with Crippen molar-refractivity contribution in [1.82, 2.24) is 10.2 Å². The second kappa shape index (κ2) is 11.5. The molecule has 1 saturated carbocycles. The van der Waals surface area contributed by atoms with E-state index in [1.165, 1.54) is 11.0 Å². The normalized spacial score (nSPS) is 14.6. The minimum atomic E-state index is -0.729. The quantitative estimate of drug-likeness (QED) is 0.379. The summed E-state index contributed by atoms with van der Waals surface area (Å²) in [4.78, 5) is 39.0. The number of nitro benzene ring substituents is 1. The molecule has 0 radical (unpaired) electrons. The Morgan fingerprint density at radius 2 is 1.85 bits per heavy atom. The van der Waals surface area contributed by atoms with E-state index in [0.717, 1.165) is 25.7 Å². The smallest absolute Gasteiger partial charge is 0.273 e. The first-order chi connectivity index (χ1) is 15.8. The van der Waals surface area contributed by atoms with Crippen LogP contribution in [-0.4, -0.2) is 33.7 Å². The molecule has 7 nitrogen and oxygen atoms in total. The van der Waals surface area contributed by atoms with Crippen LogP contribution in [0.3, 0.4) is 0 Å². The maximum absolute atomic E-state index is 13.5. The lowest BCUT2D eigenvalue weighted by atomic mass is 10.0. The Balaban J connectivity index is 1.90. The highest BCUT2D eigenvalue weighted by molar-refractivity contribution is 6.35. The number of benzene rings is 2. The fourth-order valence-corrected chi connectivity index (χ4v) is 4.69. The van der Waals surface area contributed by atoms with Crippen molar-refractivity contribution in [1.29, 1.82) is 0 Å². The molecule has 176 valence electrons. The van der Waals surface area contributed by atoms with Crippen molar-refractivity contribution in [2.24, 2.45) is 0 Å². The van der Waals surface area contributed by atoms with Crippen molar-refractivity contribution >= 4 is 40.7 Å². The molecule has 9 heteroatoms. The van der Waals surface area contributed by atoms with Gasteiger partial charge in [-0.15, -0.1) is 0 Å². The molecule has 1 fully saturated rings. The predicted molar refractivity (Wildman–Crippen MR) is 128 cm³/mol. The monoisotopic (exact) mass is 491 g/mol. The van der Waals surface area contributed by atoms with Gasteiger partial charge in [0.05, 0.1) is 11.3 Å². The van der Waals surface area contributed by atoms with E-state index in [4.69, 9.17) is 23.2 Å². The number of carbonyl (C=O) groups is 2. The number of nitrogens with zero attached hydrogens (tertiary/aromatic N) is 2. The van der Waals surface area contributed by atoms with Crippen LogP contribution >= 0.6 is 23.2 Å². The largest absolute Gasteiger partial charge is 0.352 e. The number of hydrogen-bond acceptors (Lipinski definition) is 4. The zero-order valence-electron chi connectivity index (χ0n) is 18.4. The molecule has 0 saturated heterocycles. The topological polar surface area (TPSA) is 92.6 Å². The standard InChI is InChI=1S/C24H27Cl2N3O4/c1-2-21(24(31)27-19-8-4-5-9-19)28(15-17-11-12-18(25)14-20(17)26)23(30)13-16-7-3-6-10-22(16)29(32)33/h3,6-7,10-12,14,19,21H,2,4-5,8-9,13,15H2,1H3,(H,27,31)/t21-/m0/s1. The van der Waals surface area contributed by atoms with Crippen LogP contribution in [-0.2, 0) is 22.6 Å². The average Bonchev–Trinajstić information content (AvgIpc) is 3.28. The Labute approximate surface area is 203 Å². The summed E-state index contributed by atoms with van der Waals surface area (Å²) >= 11 is 12.4. The van der Waals surface area contributed by atoms with E-state index < -0.39 is 11.0 Å². The number of halogens is 2. The third kappa shape index (κ3) is 6.45. The van der Waals surface area contributed by atoms with E-state index in [0.29, 0.717) is 27.6 Å². The van der Waals surface area contributed by atoms with Crippen molar-refractivity contribution in [3.8, 4) is 0 Å². The second-order valence-corrected chi connectivity index (χ2v) is 9.08. The number of para-hydroxylation sites is 1. The molecule has 0 unspecified atom stereocenters. The third-order valence-electron chi connectivity index (χ3n) is 5.97. The highest BCUT2D eigenvalue weighted by Gasteiger charge is 2.32. The molecule has 0 aromatic heterocycles. The molecule has 0 spiro atoms. The maximum Gasteiger partial charge on any atom is 0.273 e. The molecule has 0 heterocycles. The molecule has 33 heavy (non-hydrogen) atoms. The van der Waals surface area contributed by atoms with Gasteiger partial charge in [-0.1, -0.05) is 67.2 Å². The van der Waals surface area contributed by atoms with E-state index in [2.05, 4.69) is 5.32 Å². The number of rotatable bonds is 9. The van der Waals surface area contributed by atoms with Crippen LogP contribution in [0.15, 0.2) is 42.5 Å². The van der Waals surface area contributed by atoms with Crippen LogP contribution in [0.25, 0.3) is 0 Å². The van der Waals surface area contributed by atoms with E-state index in [-0.39, 0.29) is 36.5 Å². The molecule has 1 aliphatic carbocycles. The Morgan fingerprint density at radius 3 is 2.48 bits per heavy atom. The molecular weight excluding hydrogens is 465 g/mol. The third-order valence-corrected chi connectivity index (χ3v) is 6.56. The molecule has 0 bridgehead atoms. The lowest BCUT2D eigenvalue weighted by Gasteiger charge is -2.32. The molecule has 1 aliphatic rings. The summed E-state index contributed by atoms with van der Waals surface area (Å²) in [7, 11) is 0. The summed E-state index contributed by atoms with van der Waals surface area (Å²) in [6.07, 6.45) is 4.19. The summed E-state index contributed by atoms with van der Waals surface area (Å²) < 4.78 is 0. The van der Waals surface area contributed by atoms with E-state index >= 15 is 0 Å². The van der Waals surface area contributed by atoms with Gasteiger partial charge in [0.15, 0.2) is 0 Å². The van der Waals surface area contributed by atoms with Gasteiger partial charge in [-0.25, -0.2) is 0 Å². The highest BCUT2D eigenvalue weighted by Crippen LogP contribution is 2.26. The molecule has 0 aliphatic heterocycles. The van der Waals surface area contributed by atoms with Gasteiger partial charge in [0, 0.05) is 34.3 Å². The Hall–Kier alpha value is -2.64. The van der Waals surface area contributed by atoms with Crippen molar-refractivity contribution < 1.29 is 14.5 Å². The molecular formula is C24H27Cl2N3O4. The molecule has 3 rings (SSSR count). The molecule has 2 aromatic rings. The number of nitrogens with one attached hydrogen (secondary N) is 1. The Morgan fingerprint density at radius 1 is 1.15 bits per heavy atom.